The minimum absolute atomic E-state index is 0.0638. The van der Waals surface area contributed by atoms with E-state index in [2.05, 4.69) is 4.98 Å². The van der Waals surface area contributed by atoms with Crippen LogP contribution in [0.1, 0.15) is 23.3 Å². The van der Waals surface area contributed by atoms with Crippen molar-refractivity contribution in [1.29, 1.82) is 0 Å². The number of likely N-dealkylation sites (tertiary alicyclic amines) is 1. The van der Waals surface area contributed by atoms with Gasteiger partial charge in [-0.3, -0.25) is 9.78 Å². The van der Waals surface area contributed by atoms with Crippen LogP contribution in [-0.4, -0.2) is 70.8 Å². The zero-order chi connectivity index (χ0) is 26.5. The van der Waals surface area contributed by atoms with Gasteiger partial charge in [-0.2, -0.15) is 0 Å². The van der Waals surface area contributed by atoms with E-state index in [0.29, 0.717) is 44.3 Å². The number of pyridine rings is 1. The molecule has 1 N–H and O–H groups in total. The highest BCUT2D eigenvalue weighted by Gasteiger charge is 2.38. The monoisotopic (exact) mass is 567 g/mol. The van der Waals surface area contributed by atoms with Crippen molar-refractivity contribution in [3.63, 3.8) is 0 Å². The van der Waals surface area contributed by atoms with E-state index in [0.717, 1.165) is 13.9 Å². The summed E-state index contributed by atoms with van der Waals surface area (Å²) in [4.78, 5) is 29.7. The number of ether oxygens (including phenoxy) is 1. The molecule has 0 bridgehead atoms. The lowest BCUT2D eigenvalue weighted by atomic mass is 10.0. The van der Waals surface area contributed by atoms with Crippen molar-refractivity contribution in [3.05, 3.63) is 45.9 Å². The minimum atomic E-state index is -3.67. The van der Waals surface area contributed by atoms with Gasteiger partial charge in [0.05, 0.1) is 35.6 Å². The summed E-state index contributed by atoms with van der Waals surface area (Å²) in [7, 11) is -3.67. The van der Waals surface area contributed by atoms with Gasteiger partial charge in [0.2, 0.25) is 15.9 Å². The number of thiophene rings is 1. The molecule has 0 unspecified atom stereocenters. The first-order valence-electron chi connectivity index (χ1n) is 11.5. The van der Waals surface area contributed by atoms with Crippen LogP contribution in [0, 0.1) is 6.92 Å². The van der Waals surface area contributed by atoms with Gasteiger partial charge < -0.3 is 14.7 Å². The molecule has 5 rings (SSSR count). The third-order valence-corrected chi connectivity index (χ3v) is 9.61. The maximum atomic E-state index is 14.7. The lowest BCUT2D eigenvalue weighted by molar-refractivity contribution is -0.127. The zero-order valence-electron chi connectivity index (χ0n) is 19.7. The second-order valence-corrected chi connectivity index (χ2v) is 12.7. The van der Waals surface area contributed by atoms with E-state index in [1.54, 1.807) is 37.4 Å². The highest BCUT2D eigenvalue weighted by Crippen LogP contribution is 2.42. The summed E-state index contributed by atoms with van der Waals surface area (Å²) in [5.41, 5.74) is 2.52. The average molecular weight is 568 g/mol. The normalized spacial score (nSPS) is 21.5. The van der Waals surface area contributed by atoms with Gasteiger partial charge in [0.1, 0.15) is 11.9 Å². The number of halogens is 2. The lowest BCUT2D eigenvalue weighted by Gasteiger charge is -2.25. The van der Waals surface area contributed by atoms with Crippen molar-refractivity contribution in [3.8, 4) is 16.9 Å². The molecule has 2 saturated heterocycles. The number of alkyl halides is 1. The molecule has 2 aliphatic rings. The number of benzene rings is 1. The number of hydrogen-bond acceptors (Lipinski definition) is 7. The number of carboxylic acid groups (broad SMARTS) is 1. The molecule has 2 aliphatic heterocycles. The van der Waals surface area contributed by atoms with Crippen molar-refractivity contribution in [1.82, 2.24) is 14.2 Å². The molecule has 196 valence electrons. The van der Waals surface area contributed by atoms with Gasteiger partial charge in [0.25, 0.3) is 0 Å². The first kappa shape index (κ1) is 25.7. The Kier molecular flexibility index (Phi) is 6.75. The Morgan fingerprint density at radius 3 is 2.78 bits per heavy atom. The number of sulfonamides is 1. The molecule has 9 nitrogen and oxygen atoms in total. The van der Waals surface area contributed by atoms with Crippen LogP contribution >= 0.6 is 22.9 Å². The number of nitrogens with zero attached hydrogens (tertiary/aromatic N) is 3. The number of amides is 2. The van der Waals surface area contributed by atoms with E-state index >= 15 is 0 Å². The number of rotatable bonds is 5. The Bertz CT molecular complexity index is 1510. The molecular weight excluding hydrogens is 545 g/mol. The maximum absolute atomic E-state index is 14.7. The predicted octanol–water partition coefficient (Wildman–Crippen LogP) is 4.46. The van der Waals surface area contributed by atoms with Gasteiger partial charge in [-0.15, -0.1) is 11.3 Å². The number of fused-ring (bicyclic) bond motifs is 1. The Hall–Kier alpha value is -2.96. The zero-order valence-corrected chi connectivity index (χ0v) is 22.1. The quantitative estimate of drug-likeness (QED) is 0.484. The third kappa shape index (κ3) is 4.97. The smallest absolute Gasteiger partial charge is 0.407 e. The molecule has 0 spiro atoms. The molecule has 2 atom stereocenters. The van der Waals surface area contributed by atoms with Gasteiger partial charge in [-0.25, -0.2) is 21.9 Å². The fourth-order valence-corrected chi connectivity index (χ4v) is 7.59. The van der Waals surface area contributed by atoms with Gasteiger partial charge >= 0.3 is 6.09 Å². The topological polar surface area (TPSA) is 117 Å². The Morgan fingerprint density at radius 2 is 2.08 bits per heavy atom. The molecule has 37 heavy (non-hydrogen) atoms. The summed E-state index contributed by atoms with van der Waals surface area (Å²) in [6, 6.07) is 6.88. The molecule has 4 heterocycles. The number of aryl methyl sites for hydroxylation is 1. The number of carbonyl (C=O) groups excluding carboxylic acids is 1. The summed E-state index contributed by atoms with van der Waals surface area (Å²) in [6.07, 6.45) is -1.59. The van der Waals surface area contributed by atoms with Crippen LogP contribution in [-0.2, 0) is 21.4 Å². The van der Waals surface area contributed by atoms with E-state index in [1.807, 2.05) is 0 Å². The SMILES string of the molecule is Cc1cc(Cl)cc(-c2ccnc3cc(CN4C(=O)CCCS4(=O)=O)sc23)c1O[C@@H]1CN(C(=O)O)C[C@@H]1F. The largest absolute Gasteiger partial charge is 0.485 e. The molecule has 3 aromatic rings. The van der Waals surface area contributed by atoms with Crippen LogP contribution in [0.15, 0.2) is 30.5 Å². The predicted molar refractivity (Wildman–Crippen MR) is 137 cm³/mol. The van der Waals surface area contributed by atoms with Crippen molar-refractivity contribution < 1.29 is 32.2 Å². The highest BCUT2D eigenvalue weighted by atomic mass is 35.5. The van der Waals surface area contributed by atoms with E-state index in [4.69, 9.17) is 16.3 Å². The van der Waals surface area contributed by atoms with Gasteiger partial charge in [-0.05, 0) is 43.2 Å². The van der Waals surface area contributed by atoms with Gasteiger partial charge in [0.15, 0.2) is 6.17 Å². The second-order valence-electron chi connectivity index (χ2n) is 9.06. The van der Waals surface area contributed by atoms with Gasteiger partial charge in [-0.1, -0.05) is 11.6 Å². The first-order chi connectivity index (χ1) is 17.5. The fraction of sp³-hybridized carbons (Fsp3) is 0.375. The molecule has 2 aromatic heterocycles. The van der Waals surface area contributed by atoms with Crippen LogP contribution in [0.4, 0.5) is 9.18 Å². The molecule has 2 amide bonds. The molecule has 1 aromatic carbocycles. The molecule has 0 aliphatic carbocycles. The molecular formula is C24H23ClFN3O6S2. The summed E-state index contributed by atoms with van der Waals surface area (Å²) in [5, 5.41) is 9.68. The summed E-state index contributed by atoms with van der Waals surface area (Å²) < 4.78 is 47.3. The number of aromatic nitrogens is 1. The van der Waals surface area contributed by atoms with Crippen LogP contribution in [0.25, 0.3) is 21.3 Å². The molecule has 0 radical (unpaired) electrons. The van der Waals surface area contributed by atoms with Crippen LogP contribution in [0.3, 0.4) is 0 Å². The van der Waals surface area contributed by atoms with Crippen LogP contribution in [0.5, 0.6) is 5.75 Å². The van der Waals surface area contributed by atoms with Gasteiger partial charge in [0, 0.05) is 33.6 Å². The first-order valence-corrected chi connectivity index (χ1v) is 14.3. The summed E-state index contributed by atoms with van der Waals surface area (Å²) >= 11 is 7.68. The number of hydrogen-bond donors (Lipinski definition) is 1. The van der Waals surface area contributed by atoms with Crippen LogP contribution in [0.2, 0.25) is 5.02 Å². The molecule has 0 saturated carbocycles. The number of carbonyl (C=O) groups is 2. The van der Waals surface area contributed by atoms with Crippen molar-refractivity contribution in [2.24, 2.45) is 0 Å². The second kappa shape index (κ2) is 9.73. The van der Waals surface area contributed by atoms with Crippen molar-refractivity contribution >= 4 is 55.2 Å². The van der Waals surface area contributed by atoms with E-state index < -0.39 is 34.3 Å². The summed E-state index contributed by atoms with van der Waals surface area (Å²) in [6.45, 7) is 1.32. The lowest BCUT2D eigenvalue weighted by Crippen LogP contribution is -2.41. The van der Waals surface area contributed by atoms with E-state index in [1.165, 1.54) is 11.3 Å². The average Bonchev–Trinajstić information content (AvgIpc) is 3.40. The van der Waals surface area contributed by atoms with E-state index in [-0.39, 0.29) is 31.8 Å². The standard InChI is InChI=1S/C24H23ClFN3O6S2/c1-13-7-14(25)8-17(22(13)35-20-12-28(24(31)32)11-18(20)26)16-4-5-27-19-9-15(36-23(16)19)10-29-21(30)3-2-6-37(29,33)34/h4-5,7-9,18,20H,2-3,6,10-12H2,1H3,(H,31,32)/t18-,20+/m0/s1. The summed E-state index contributed by atoms with van der Waals surface area (Å²) in [5.74, 6) is -0.114. The fourth-order valence-electron chi connectivity index (χ4n) is 4.64. The Labute approximate surface area is 221 Å². The third-order valence-electron chi connectivity index (χ3n) is 6.44. The van der Waals surface area contributed by atoms with E-state index in [9.17, 15) is 27.5 Å². The highest BCUT2D eigenvalue weighted by molar-refractivity contribution is 7.89. The Morgan fingerprint density at radius 1 is 1.30 bits per heavy atom. The van der Waals surface area contributed by atoms with Crippen molar-refractivity contribution in [2.75, 3.05) is 18.8 Å². The molecule has 2 fully saturated rings. The maximum Gasteiger partial charge on any atom is 0.407 e. The van der Waals surface area contributed by atoms with Crippen LogP contribution < -0.4 is 4.74 Å². The molecule has 13 heteroatoms. The minimum Gasteiger partial charge on any atom is -0.485 e. The van der Waals surface area contributed by atoms with Crippen molar-refractivity contribution in [2.45, 2.75) is 38.6 Å². The Balaban J connectivity index is 1.53.